The molecule has 0 aromatic heterocycles. The standard InChI is InChI=1S/C17H33NO/c1-14-9-10-16(13-15(14)2)18-11-6-12-19-17-7-4-3-5-8-17/h14-18H,3-13H2,1-2H3. The summed E-state index contributed by atoms with van der Waals surface area (Å²) in [5, 5.41) is 3.73. The molecule has 0 heterocycles. The molecule has 0 aliphatic heterocycles. The maximum absolute atomic E-state index is 5.97. The number of hydrogen-bond acceptors (Lipinski definition) is 2. The van der Waals surface area contributed by atoms with Crippen LogP contribution < -0.4 is 5.32 Å². The molecule has 3 unspecified atom stereocenters. The Bertz CT molecular complexity index is 237. The molecule has 0 bridgehead atoms. The Balaban J connectivity index is 1.47. The van der Waals surface area contributed by atoms with Gasteiger partial charge in [-0.25, -0.2) is 0 Å². The van der Waals surface area contributed by atoms with E-state index in [2.05, 4.69) is 19.2 Å². The molecule has 0 saturated heterocycles. The molecule has 2 aliphatic rings. The highest BCUT2D eigenvalue weighted by Gasteiger charge is 2.23. The molecule has 1 N–H and O–H groups in total. The molecule has 0 radical (unpaired) electrons. The van der Waals surface area contributed by atoms with Crippen LogP contribution in [0.4, 0.5) is 0 Å². The highest BCUT2D eigenvalue weighted by atomic mass is 16.5. The molecule has 2 saturated carbocycles. The second kappa shape index (κ2) is 8.26. The lowest BCUT2D eigenvalue weighted by atomic mass is 9.79. The van der Waals surface area contributed by atoms with E-state index >= 15 is 0 Å². The Morgan fingerprint density at radius 1 is 0.947 bits per heavy atom. The van der Waals surface area contributed by atoms with Crippen LogP contribution in [-0.4, -0.2) is 25.3 Å². The van der Waals surface area contributed by atoms with Crippen molar-refractivity contribution in [2.45, 2.75) is 83.8 Å². The van der Waals surface area contributed by atoms with E-state index in [1.165, 1.54) is 57.8 Å². The van der Waals surface area contributed by atoms with Crippen molar-refractivity contribution in [2.75, 3.05) is 13.2 Å². The van der Waals surface area contributed by atoms with E-state index in [1.807, 2.05) is 0 Å². The first-order chi connectivity index (χ1) is 9.25. The topological polar surface area (TPSA) is 21.3 Å². The molecule has 2 rings (SSSR count). The molecule has 19 heavy (non-hydrogen) atoms. The molecule has 2 fully saturated rings. The van der Waals surface area contributed by atoms with Crippen molar-refractivity contribution in [3.8, 4) is 0 Å². The fraction of sp³-hybridized carbons (Fsp3) is 1.00. The lowest BCUT2D eigenvalue weighted by Crippen LogP contribution is -2.37. The average molecular weight is 267 g/mol. The van der Waals surface area contributed by atoms with Gasteiger partial charge < -0.3 is 10.1 Å². The van der Waals surface area contributed by atoms with E-state index < -0.39 is 0 Å². The summed E-state index contributed by atoms with van der Waals surface area (Å²) in [4.78, 5) is 0. The highest BCUT2D eigenvalue weighted by molar-refractivity contribution is 4.79. The maximum atomic E-state index is 5.97. The van der Waals surface area contributed by atoms with Gasteiger partial charge in [-0.1, -0.05) is 33.1 Å². The molecule has 3 atom stereocenters. The minimum atomic E-state index is 0.573. The summed E-state index contributed by atoms with van der Waals surface area (Å²) < 4.78 is 5.97. The van der Waals surface area contributed by atoms with Crippen LogP contribution in [0.15, 0.2) is 0 Å². The lowest BCUT2D eigenvalue weighted by molar-refractivity contribution is 0.0268. The van der Waals surface area contributed by atoms with E-state index in [-0.39, 0.29) is 0 Å². The third kappa shape index (κ3) is 5.43. The predicted octanol–water partition coefficient (Wildman–Crippen LogP) is 4.14. The van der Waals surface area contributed by atoms with E-state index in [0.29, 0.717) is 6.10 Å². The van der Waals surface area contributed by atoms with Crippen LogP contribution in [0, 0.1) is 11.8 Å². The second-order valence-corrected chi connectivity index (χ2v) is 6.90. The fourth-order valence-corrected chi connectivity index (χ4v) is 3.59. The van der Waals surface area contributed by atoms with E-state index in [4.69, 9.17) is 4.74 Å². The van der Waals surface area contributed by atoms with Crippen molar-refractivity contribution in [1.82, 2.24) is 5.32 Å². The fourth-order valence-electron chi connectivity index (χ4n) is 3.59. The molecule has 0 aromatic carbocycles. The van der Waals surface area contributed by atoms with E-state index in [0.717, 1.165) is 31.0 Å². The number of rotatable bonds is 6. The number of nitrogens with one attached hydrogen (secondary N) is 1. The number of hydrogen-bond donors (Lipinski definition) is 1. The number of ether oxygens (including phenoxy) is 1. The minimum Gasteiger partial charge on any atom is -0.378 e. The summed E-state index contributed by atoms with van der Waals surface area (Å²) in [6, 6.07) is 0.765. The van der Waals surface area contributed by atoms with Crippen LogP contribution in [0.2, 0.25) is 0 Å². The summed E-state index contributed by atoms with van der Waals surface area (Å²) >= 11 is 0. The third-order valence-electron chi connectivity index (χ3n) is 5.26. The molecule has 2 heteroatoms. The van der Waals surface area contributed by atoms with Crippen molar-refractivity contribution >= 4 is 0 Å². The molecule has 112 valence electrons. The monoisotopic (exact) mass is 267 g/mol. The van der Waals surface area contributed by atoms with Crippen LogP contribution in [0.25, 0.3) is 0 Å². The van der Waals surface area contributed by atoms with Gasteiger partial charge in [0, 0.05) is 12.6 Å². The van der Waals surface area contributed by atoms with Gasteiger partial charge >= 0.3 is 0 Å². The van der Waals surface area contributed by atoms with Crippen LogP contribution in [0.3, 0.4) is 0 Å². The smallest absolute Gasteiger partial charge is 0.0575 e. The Hall–Kier alpha value is -0.0800. The van der Waals surface area contributed by atoms with E-state index in [1.54, 1.807) is 0 Å². The Labute approximate surface area is 119 Å². The first kappa shape index (κ1) is 15.3. The molecule has 0 spiro atoms. The van der Waals surface area contributed by atoms with Gasteiger partial charge in [-0.2, -0.15) is 0 Å². The Morgan fingerprint density at radius 3 is 2.47 bits per heavy atom. The van der Waals surface area contributed by atoms with Crippen LogP contribution in [-0.2, 0) is 4.74 Å². The van der Waals surface area contributed by atoms with Gasteiger partial charge in [0.1, 0.15) is 0 Å². The molecule has 0 aromatic rings. The maximum Gasteiger partial charge on any atom is 0.0575 e. The van der Waals surface area contributed by atoms with Crippen molar-refractivity contribution in [3.05, 3.63) is 0 Å². The Morgan fingerprint density at radius 2 is 1.74 bits per heavy atom. The third-order valence-corrected chi connectivity index (χ3v) is 5.26. The zero-order chi connectivity index (χ0) is 13.5. The van der Waals surface area contributed by atoms with Crippen LogP contribution >= 0.6 is 0 Å². The minimum absolute atomic E-state index is 0.573. The average Bonchev–Trinajstić information content (AvgIpc) is 2.43. The summed E-state index contributed by atoms with van der Waals surface area (Å²) in [6.45, 7) is 6.90. The van der Waals surface area contributed by atoms with Crippen LogP contribution in [0.5, 0.6) is 0 Å². The lowest BCUT2D eigenvalue weighted by Gasteiger charge is -2.32. The van der Waals surface area contributed by atoms with Crippen molar-refractivity contribution in [3.63, 3.8) is 0 Å². The van der Waals surface area contributed by atoms with Crippen molar-refractivity contribution < 1.29 is 4.74 Å². The van der Waals surface area contributed by atoms with Gasteiger partial charge in [-0.15, -0.1) is 0 Å². The first-order valence-electron chi connectivity index (χ1n) is 8.60. The van der Waals surface area contributed by atoms with Gasteiger partial charge in [0.25, 0.3) is 0 Å². The summed E-state index contributed by atoms with van der Waals surface area (Å²) in [5.41, 5.74) is 0. The molecule has 2 aliphatic carbocycles. The van der Waals surface area contributed by atoms with Gasteiger partial charge in [-0.05, 0) is 56.9 Å². The summed E-state index contributed by atoms with van der Waals surface area (Å²) in [7, 11) is 0. The van der Waals surface area contributed by atoms with Gasteiger partial charge in [-0.3, -0.25) is 0 Å². The largest absolute Gasteiger partial charge is 0.378 e. The van der Waals surface area contributed by atoms with Crippen molar-refractivity contribution in [1.29, 1.82) is 0 Å². The van der Waals surface area contributed by atoms with Gasteiger partial charge in [0.2, 0.25) is 0 Å². The summed E-state index contributed by atoms with van der Waals surface area (Å²) in [6.07, 6.45) is 12.6. The molecular formula is C17H33NO. The highest BCUT2D eigenvalue weighted by Crippen LogP contribution is 2.29. The molecule has 2 nitrogen and oxygen atoms in total. The quantitative estimate of drug-likeness (QED) is 0.730. The Kier molecular flexibility index (Phi) is 6.66. The molecule has 0 amide bonds. The zero-order valence-corrected chi connectivity index (χ0v) is 13.0. The van der Waals surface area contributed by atoms with E-state index in [9.17, 15) is 0 Å². The SMILES string of the molecule is CC1CCC(NCCCOC2CCCCC2)CC1C. The second-order valence-electron chi connectivity index (χ2n) is 6.90. The zero-order valence-electron chi connectivity index (χ0n) is 13.0. The predicted molar refractivity (Wildman–Crippen MR) is 81.4 cm³/mol. The van der Waals surface area contributed by atoms with Crippen molar-refractivity contribution in [2.24, 2.45) is 11.8 Å². The molecular weight excluding hydrogens is 234 g/mol. The van der Waals surface area contributed by atoms with Crippen LogP contribution in [0.1, 0.15) is 71.6 Å². The summed E-state index contributed by atoms with van der Waals surface area (Å²) in [5.74, 6) is 1.82. The normalized spacial score (nSPS) is 33.5. The first-order valence-corrected chi connectivity index (χ1v) is 8.60. The van der Waals surface area contributed by atoms with Gasteiger partial charge in [0.05, 0.1) is 6.10 Å². The van der Waals surface area contributed by atoms with Gasteiger partial charge in [0.15, 0.2) is 0 Å².